The van der Waals surface area contributed by atoms with E-state index < -0.39 is 10.0 Å². The first-order valence-corrected chi connectivity index (χ1v) is 7.74. The first-order chi connectivity index (χ1) is 9.44. The summed E-state index contributed by atoms with van der Waals surface area (Å²) in [6.07, 6.45) is 0. The van der Waals surface area contributed by atoms with Crippen molar-refractivity contribution in [2.45, 2.75) is 0 Å². The van der Waals surface area contributed by atoms with Crippen LogP contribution in [0.25, 0.3) is 0 Å². The van der Waals surface area contributed by atoms with Gasteiger partial charge in [-0.05, 0) is 0 Å². The SMILES string of the molecule is Nc1nc(NCCS(N)(=O)=O)nc(N2CCOCC2)n1. The summed E-state index contributed by atoms with van der Waals surface area (Å²) < 4.78 is 26.9. The van der Waals surface area contributed by atoms with Crippen LogP contribution < -0.4 is 21.1 Å². The molecule has 0 bridgehead atoms. The number of rotatable bonds is 5. The lowest BCUT2D eigenvalue weighted by molar-refractivity contribution is 0.122. The van der Waals surface area contributed by atoms with Gasteiger partial charge in [0, 0.05) is 19.6 Å². The number of hydrogen-bond donors (Lipinski definition) is 3. The van der Waals surface area contributed by atoms with Crippen molar-refractivity contribution in [3.63, 3.8) is 0 Å². The monoisotopic (exact) mass is 303 g/mol. The van der Waals surface area contributed by atoms with Gasteiger partial charge in [-0.15, -0.1) is 0 Å². The fraction of sp³-hybridized carbons (Fsp3) is 0.667. The summed E-state index contributed by atoms with van der Waals surface area (Å²) in [5, 5.41) is 7.67. The number of primary sulfonamides is 1. The van der Waals surface area contributed by atoms with Crippen molar-refractivity contribution < 1.29 is 13.2 Å². The third-order valence-electron chi connectivity index (χ3n) is 2.60. The van der Waals surface area contributed by atoms with Crippen molar-refractivity contribution in [2.75, 3.05) is 54.6 Å². The van der Waals surface area contributed by atoms with E-state index in [9.17, 15) is 8.42 Å². The quantitative estimate of drug-likeness (QED) is 0.560. The molecular formula is C9H17N7O3S. The molecule has 112 valence electrons. The highest BCUT2D eigenvalue weighted by Gasteiger charge is 2.15. The summed E-state index contributed by atoms with van der Waals surface area (Å²) in [6.45, 7) is 2.63. The number of nitrogens with one attached hydrogen (secondary N) is 1. The number of hydrogen-bond acceptors (Lipinski definition) is 9. The van der Waals surface area contributed by atoms with Gasteiger partial charge in [0.15, 0.2) is 0 Å². The molecule has 1 fully saturated rings. The van der Waals surface area contributed by atoms with Crippen molar-refractivity contribution in [3.05, 3.63) is 0 Å². The van der Waals surface area contributed by atoms with Gasteiger partial charge >= 0.3 is 0 Å². The van der Waals surface area contributed by atoms with E-state index in [-0.39, 0.29) is 24.2 Å². The standard InChI is InChI=1S/C9H17N7O3S/c10-7-13-8(12-1-6-20(11,17)18)15-9(14-7)16-2-4-19-5-3-16/h1-6H2,(H2,11,17,18)(H3,10,12,13,14,15). The summed E-state index contributed by atoms with van der Waals surface area (Å²) >= 11 is 0. The summed E-state index contributed by atoms with van der Waals surface area (Å²) in [5.41, 5.74) is 5.62. The average Bonchev–Trinajstić information content (AvgIpc) is 2.37. The van der Waals surface area contributed by atoms with Crippen LogP contribution in [0.1, 0.15) is 0 Å². The van der Waals surface area contributed by atoms with Crippen LogP contribution in [0.2, 0.25) is 0 Å². The molecule has 0 unspecified atom stereocenters. The molecule has 0 atom stereocenters. The fourth-order valence-corrected chi connectivity index (χ4v) is 2.06. The minimum Gasteiger partial charge on any atom is -0.378 e. The van der Waals surface area contributed by atoms with Gasteiger partial charge in [0.05, 0.1) is 19.0 Å². The third-order valence-corrected chi connectivity index (χ3v) is 3.38. The molecule has 20 heavy (non-hydrogen) atoms. The van der Waals surface area contributed by atoms with Crippen LogP contribution in [-0.4, -0.2) is 62.0 Å². The average molecular weight is 303 g/mol. The molecule has 2 heterocycles. The zero-order valence-electron chi connectivity index (χ0n) is 10.8. The van der Waals surface area contributed by atoms with Gasteiger partial charge in [0.1, 0.15) is 0 Å². The van der Waals surface area contributed by atoms with E-state index in [0.717, 1.165) is 0 Å². The lowest BCUT2D eigenvalue weighted by atomic mass is 10.4. The Morgan fingerprint density at radius 1 is 1.25 bits per heavy atom. The Bertz CT molecular complexity index is 559. The zero-order chi connectivity index (χ0) is 14.6. The molecule has 0 spiro atoms. The van der Waals surface area contributed by atoms with E-state index >= 15 is 0 Å². The van der Waals surface area contributed by atoms with Gasteiger partial charge in [-0.25, -0.2) is 13.6 Å². The van der Waals surface area contributed by atoms with E-state index in [1.807, 2.05) is 4.90 Å². The number of sulfonamides is 1. The maximum atomic E-state index is 10.8. The van der Waals surface area contributed by atoms with Crippen LogP contribution in [0.4, 0.5) is 17.8 Å². The Morgan fingerprint density at radius 2 is 1.95 bits per heavy atom. The molecule has 0 aromatic carbocycles. The molecule has 5 N–H and O–H groups in total. The predicted octanol–water partition coefficient (Wildman–Crippen LogP) is -2.01. The first kappa shape index (κ1) is 14.7. The van der Waals surface area contributed by atoms with E-state index in [1.54, 1.807) is 0 Å². The molecule has 0 radical (unpaired) electrons. The molecule has 2 rings (SSSR count). The van der Waals surface area contributed by atoms with Crippen molar-refractivity contribution in [1.82, 2.24) is 15.0 Å². The minimum atomic E-state index is -3.53. The highest BCUT2D eigenvalue weighted by Crippen LogP contribution is 2.13. The van der Waals surface area contributed by atoms with Crippen LogP contribution in [0.3, 0.4) is 0 Å². The van der Waals surface area contributed by atoms with Gasteiger partial charge in [0.2, 0.25) is 27.9 Å². The lowest BCUT2D eigenvalue weighted by Gasteiger charge is -2.26. The maximum Gasteiger partial charge on any atom is 0.232 e. The maximum absolute atomic E-state index is 10.8. The second-order valence-corrected chi connectivity index (χ2v) is 5.94. The number of nitrogens with two attached hydrogens (primary N) is 2. The summed E-state index contributed by atoms with van der Waals surface area (Å²) in [7, 11) is -3.53. The Morgan fingerprint density at radius 3 is 2.60 bits per heavy atom. The van der Waals surface area contributed by atoms with Gasteiger partial charge < -0.3 is 20.7 Å². The summed E-state index contributed by atoms with van der Waals surface area (Å²) in [5.74, 6) is 0.520. The molecule has 0 amide bonds. The van der Waals surface area contributed by atoms with E-state index in [4.69, 9.17) is 15.6 Å². The van der Waals surface area contributed by atoms with Crippen LogP contribution >= 0.6 is 0 Å². The highest BCUT2D eigenvalue weighted by atomic mass is 32.2. The number of morpholine rings is 1. The first-order valence-electron chi connectivity index (χ1n) is 6.02. The number of nitrogen functional groups attached to an aromatic ring is 1. The number of nitrogens with zero attached hydrogens (tertiary/aromatic N) is 4. The molecule has 1 aromatic heterocycles. The van der Waals surface area contributed by atoms with Crippen LogP contribution in [0.15, 0.2) is 0 Å². The molecule has 1 aromatic rings. The molecule has 10 nitrogen and oxygen atoms in total. The molecular weight excluding hydrogens is 286 g/mol. The summed E-state index contributed by atoms with van der Waals surface area (Å²) in [4.78, 5) is 14.1. The topological polar surface area (TPSA) is 149 Å². The number of anilines is 3. The lowest BCUT2D eigenvalue weighted by Crippen LogP contribution is -2.37. The van der Waals surface area contributed by atoms with Crippen LogP contribution in [0, 0.1) is 0 Å². The molecule has 0 saturated carbocycles. The highest BCUT2D eigenvalue weighted by molar-refractivity contribution is 7.89. The number of aromatic nitrogens is 3. The predicted molar refractivity (Wildman–Crippen MR) is 73.7 cm³/mol. The van der Waals surface area contributed by atoms with Crippen molar-refractivity contribution >= 4 is 27.9 Å². The van der Waals surface area contributed by atoms with Gasteiger partial charge in [0.25, 0.3) is 0 Å². The van der Waals surface area contributed by atoms with Gasteiger partial charge in [-0.1, -0.05) is 0 Å². The minimum absolute atomic E-state index is 0.0691. The zero-order valence-corrected chi connectivity index (χ0v) is 11.6. The number of ether oxygens (including phenoxy) is 1. The second kappa shape index (κ2) is 6.15. The Labute approximate surface area is 116 Å². The summed E-state index contributed by atoms with van der Waals surface area (Å²) in [6, 6.07) is 0. The fourth-order valence-electron chi connectivity index (χ4n) is 1.67. The Hall–Kier alpha value is -1.72. The van der Waals surface area contributed by atoms with E-state index in [2.05, 4.69) is 20.3 Å². The Kier molecular flexibility index (Phi) is 4.52. The Balaban J connectivity index is 2.04. The van der Waals surface area contributed by atoms with E-state index in [1.165, 1.54) is 0 Å². The van der Waals surface area contributed by atoms with Crippen molar-refractivity contribution in [2.24, 2.45) is 5.14 Å². The largest absolute Gasteiger partial charge is 0.378 e. The third kappa shape index (κ3) is 4.43. The molecule has 0 aliphatic carbocycles. The molecule has 1 saturated heterocycles. The van der Waals surface area contributed by atoms with Crippen molar-refractivity contribution in [1.29, 1.82) is 0 Å². The normalized spacial score (nSPS) is 16.1. The smallest absolute Gasteiger partial charge is 0.232 e. The van der Waals surface area contributed by atoms with Crippen molar-refractivity contribution in [3.8, 4) is 0 Å². The van der Waals surface area contributed by atoms with E-state index in [0.29, 0.717) is 32.3 Å². The molecule has 1 aliphatic rings. The molecule has 11 heteroatoms. The van der Waals surface area contributed by atoms with Crippen LogP contribution in [-0.2, 0) is 14.8 Å². The van der Waals surface area contributed by atoms with Gasteiger partial charge in [-0.2, -0.15) is 15.0 Å². The molecule has 1 aliphatic heterocycles. The van der Waals surface area contributed by atoms with Gasteiger partial charge in [-0.3, -0.25) is 0 Å². The second-order valence-electron chi connectivity index (χ2n) is 4.21. The van der Waals surface area contributed by atoms with Crippen LogP contribution in [0.5, 0.6) is 0 Å².